The minimum absolute atomic E-state index is 0. The van der Waals surface area contributed by atoms with Crippen LogP contribution in [0.3, 0.4) is 0 Å². The third kappa shape index (κ3) is 9.04. The average molecular weight is 130 g/mol. The van der Waals surface area contributed by atoms with Gasteiger partial charge in [0.2, 0.25) is 0 Å². The molecular weight excluding hydrogens is 122 g/mol. The van der Waals surface area contributed by atoms with Crippen molar-refractivity contribution in [3.05, 3.63) is 0 Å². The molecule has 0 heterocycles. The molecule has 4 heteroatoms. The fourth-order valence-corrected chi connectivity index (χ4v) is 0. The summed E-state index contributed by atoms with van der Waals surface area (Å²) in [6.07, 6.45) is 0. The normalized spacial score (nSPS) is 0. The SMILES string of the molecule is O.[AlH3].[CaH2].[KH]. The molecule has 0 aliphatic carbocycles. The zero-order valence-electron chi connectivity index (χ0n) is 0.500. The molecule has 0 saturated heterocycles. The Hall–Kier alpha value is 3.39. The van der Waals surface area contributed by atoms with Gasteiger partial charge in [0.25, 0.3) is 0 Å². The van der Waals surface area contributed by atoms with Gasteiger partial charge in [-0.2, -0.15) is 0 Å². The molecule has 0 aliphatic heterocycles. The molecule has 1 nitrogen and oxygen atoms in total. The van der Waals surface area contributed by atoms with Gasteiger partial charge in [-0.15, -0.1) is 0 Å². The van der Waals surface area contributed by atoms with Crippen LogP contribution in [-0.2, 0) is 0 Å². The second-order valence-corrected chi connectivity index (χ2v) is 0. The van der Waals surface area contributed by atoms with Gasteiger partial charge in [0.1, 0.15) is 0 Å². The summed E-state index contributed by atoms with van der Waals surface area (Å²) in [5.41, 5.74) is 0. The Bertz CT molecular complexity index is 8.00. The van der Waals surface area contributed by atoms with Crippen molar-refractivity contribution in [1.29, 1.82) is 0 Å². The molecule has 0 rings (SSSR count). The predicted molar refractivity (Wildman–Crippen MR) is 29.2 cm³/mol. The van der Waals surface area contributed by atoms with Crippen LogP contribution in [0.25, 0.3) is 0 Å². The molecule has 0 aromatic carbocycles. The Morgan fingerprint density at radius 2 is 1.00 bits per heavy atom. The van der Waals surface area contributed by atoms with Gasteiger partial charge in [-0.05, 0) is 0 Å². The van der Waals surface area contributed by atoms with Gasteiger partial charge in [0.05, 0.1) is 0 Å². The van der Waals surface area contributed by atoms with Gasteiger partial charge in [-0.1, -0.05) is 0 Å². The standard InChI is InChI=1S/Al.Ca.K.H2O.6H/h;;;1H2;;;;;;. The molecule has 0 spiro atoms. The van der Waals surface area contributed by atoms with Crippen LogP contribution >= 0.6 is 0 Å². The van der Waals surface area contributed by atoms with Crippen molar-refractivity contribution in [2.45, 2.75) is 0 Å². The van der Waals surface area contributed by atoms with Crippen LogP contribution in [0.1, 0.15) is 0 Å². The van der Waals surface area contributed by atoms with E-state index in [1.165, 1.54) is 0 Å². The van der Waals surface area contributed by atoms with Crippen molar-refractivity contribution in [3.63, 3.8) is 0 Å². The van der Waals surface area contributed by atoms with E-state index in [1.807, 2.05) is 0 Å². The maximum atomic E-state index is 0. The molecule has 0 aromatic heterocycles. The third-order valence-electron chi connectivity index (χ3n) is 0. The van der Waals surface area contributed by atoms with Crippen molar-refractivity contribution >= 4 is 106 Å². The molecule has 0 aliphatic rings. The van der Waals surface area contributed by atoms with E-state index in [0.29, 0.717) is 0 Å². The van der Waals surface area contributed by atoms with E-state index in [2.05, 4.69) is 0 Å². The monoisotopic (exact) mass is 130 g/mol. The van der Waals surface area contributed by atoms with Gasteiger partial charge in [0.15, 0.2) is 17.4 Å². The Morgan fingerprint density at radius 1 is 1.00 bits per heavy atom. The van der Waals surface area contributed by atoms with Crippen LogP contribution in [0.2, 0.25) is 0 Å². The van der Waals surface area contributed by atoms with E-state index >= 15 is 0 Å². The zero-order valence-corrected chi connectivity index (χ0v) is 0.500. The third-order valence-corrected chi connectivity index (χ3v) is 0. The van der Waals surface area contributed by atoms with Crippen molar-refractivity contribution in [2.75, 3.05) is 0 Å². The number of hydrogen-bond donors (Lipinski definition) is 0. The topological polar surface area (TPSA) is 31.5 Å². The van der Waals surface area contributed by atoms with Gasteiger partial charge in [-0.25, -0.2) is 0 Å². The quantitative estimate of drug-likeness (QED) is 0.304. The van der Waals surface area contributed by atoms with E-state index in [4.69, 9.17) is 0 Å². The van der Waals surface area contributed by atoms with E-state index in [-0.39, 0.29) is 112 Å². The fourth-order valence-electron chi connectivity index (χ4n) is 0. The van der Waals surface area contributed by atoms with E-state index in [0.717, 1.165) is 0 Å². The molecular formula is H8AlCaKO. The molecule has 0 bridgehead atoms. The summed E-state index contributed by atoms with van der Waals surface area (Å²) in [5.74, 6) is 0. The first-order valence-corrected chi connectivity index (χ1v) is 0. The molecule has 0 aromatic rings. The Labute approximate surface area is 109 Å². The maximum absolute atomic E-state index is 0. The first-order chi connectivity index (χ1) is 0. The first-order valence-electron chi connectivity index (χ1n) is 0. The average Bonchev–Trinajstić information content (AvgIpc) is 0. The Balaban J connectivity index is 0. The van der Waals surface area contributed by atoms with Crippen LogP contribution in [0.5, 0.6) is 0 Å². The van der Waals surface area contributed by atoms with Gasteiger partial charge in [-0.3, -0.25) is 0 Å². The minimum atomic E-state index is 0. The molecule has 4 heavy (non-hydrogen) atoms. The summed E-state index contributed by atoms with van der Waals surface area (Å²) in [6, 6.07) is 0. The molecule has 0 unspecified atom stereocenters. The molecule has 0 fully saturated rings. The predicted octanol–water partition coefficient (Wildman–Crippen LogP) is -3.57. The second kappa shape index (κ2) is 16.2. The summed E-state index contributed by atoms with van der Waals surface area (Å²) in [6.45, 7) is 0. The molecule has 0 radical (unpaired) electrons. The van der Waals surface area contributed by atoms with Crippen LogP contribution < -0.4 is 0 Å². The molecule has 2 N–H and O–H groups in total. The number of rotatable bonds is 0. The summed E-state index contributed by atoms with van der Waals surface area (Å²) >= 11 is 0. The summed E-state index contributed by atoms with van der Waals surface area (Å²) in [4.78, 5) is 0. The Morgan fingerprint density at radius 3 is 1.00 bits per heavy atom. The van der Waals surface area contributed by atoms with Gasteiger partial charge in [0, 0.05) is 0 Å². The summed E-state index contributed by atoms with van der Waals surface area (Å²) in [5, 5.41) is 0. The van der Waals surface area contributed by atoms with Crippen LogP contribution in [0.4, 0.5) is 0 Å². The Kier molecular flexibility index (Phi) is 106. The summed E-state index contributed by atoms with van der Waals surface area (Å²) in [7, 11) is 0. The molecule has 20 valence electrons. The van der Waals surface area contributed by atoms with Crippen LogP contribution in [-0.4, -0.2) is 112 Å². The zero-order chi connectivity index (χ0) is 0. The molecule has 0 saturated carbocycles. The van der Waals surface area contributed by atoms with Crippen molar-refractivity contribution in [1.82, 2.24) is 0 Å². The van der Waals surface area contributed by atoms with Gasteiger partial charge >= 0.3 is 89.1 Å². The van der Waals surface area contributed by atoms with E-state index in [1.54, 1.807) is 0 Å². The fraction of sp³-hybridized carbons (Fsp3) is 0. The van der Waals surface area contributed by atoms with Crippen LogP contribution in [0.15, 0.2) is 0 Å². The van der Waals surface area contributed by atoms with Crippen molar-refractivity contribution < 1.29 is 5.48 Å². The van der Waals surface area contributed by atoms with Crippen LogP contribution in [0, 0.1) is 0 Å². The van der Waals surface area contributed by atoms with Crippen molar-refractivity contribution in [3.8, 4) is 0 Å². The van der Waals surface area contributed by atoms with Gasteiger partial charge < -0.3 is 5.48 Å². The summed E-state index contributed by atoms with van der Waals surface area (Å²) < 4.78 is 0. The molecule has 0 amide bonds. The second-order valence-electron chi connectivity index (χ2n) is 0. The van der Waals surface area contributed by atoms with E-state index < -0.39 is 0 Å². The van der Waals surface area contributed by atoms with E-state index in [9.17, 15) is 0 Å². The number of hydrogen-bond acceptors (Lipinski definition) is 0. The van der Waals surface area contributed by atoms with Crippen molar-refractivity contribution in [2.24, 2.45) is 0 Å². The molecule has 0 atom stereocenters. The first kappa shape index (κ1) is 26.3.